The number of aryl methyl sites for hydroxylation is 1. The lowest BCUT2D eigenvalue weighted by molar-refractivity contribution is 0.475. The summed E-state index contributed by atoms with van der Waals surface area (Å²) < 4.78 is 1.29. The van der Waals surface area contributed by atoms with Crippen LogP contribution >= 0.6 is 11.3 Å². The van der Waals surface area contributed by atoms with Crippen molar-refractivity contribution in [3.05, 3.63) is 66.2 Å². The van der Waals surface area contributed by atoms with Gasteiger partial charge in [-0.1, -0.05) is 30.3 Å². The van der Waals surface area contributed by atoms with E-state index < -0.39 is 0 Å². The number of hydrogen-bond donors (Lipinski definition) is 2. The van der Waals surface area contributed by atoms with Gasteiger partial charge in [-0.15, -0.1) is 11.3 Å². The SMILES string of the molecule is CCNc1cc(-c2sc3ccccc3c2C)cc(-c2cccc(O)c2)n1. The summed E-state index contributed by atoms with van der Waals surface area (Å²) >= 11 is 1.81. The van der Waals surface area contributed by atoms with Crippen molar-refractivity contribution in [1.29, 1.82) is 0 Å². The Morgan fingerprint density at radius 2 is 1.85 bits per heavy atom. The van der Waals surface area contributed by atoms with Gasteiger partial charge < -0.3 is 10.4 Å². The summed E-state index contributed by atoms with van der Waals surface area (Å²) in [4.78, 5) is 5.98. The number of fused-ring (bicyclic) bond motifs is 1. The molecule has 4 heteroatoms. The zero-order valence-electron chi connectivity index (χ0n) is 14.8. The smallest absolute Gasteiger partial charge is 0.127 e. The van der Waals surface area contributed by atoms with Gasteiger partial charge in [-0.25, -0.2) is 4.98 Å². The Morgan fingerprint density at radius 3 is 2.62 bits per heavy atom. The van der Waals surface area contributed by atoms with Crippen molar-refractivity contribution in [1.82, 2.24) is 4.98 Å². The third-order valence-corrected chi connectivity index (χ3v) is 5.75. The summed E-state index contributed by atoms with van der Waals surface area (Å²) in [5.74, 6) is 1.10. The number of phenolic OH excluding ortho intramolecular Hbond substituents is 1. The van der Waals surface area contributed by atoms with Crippen LogP contribution in [0, 0.1) is 6.92 Å². The molecule has 0 aliphatic rings. The molecule has 0 saturated carbocycles. The molecule has 130 valence electrons. The van der Waals surface area contributed by atoms with Crippen molar-refractivity contribution in [2.45, 2.75) is 13.8 Å². The van der Waals surface area contributed by atoms with Gasteiger partial charge in [0.2, 0.25) is 0 Å². The maximum Gasteiger partial charge on any atom is 0.127 e. The molecule has 0 amide bonds. The molecule has 4 aromatic rings. The van der Waals surface area contributed by atoms with Crippen molar-refractivity contribution < 1.29 is 5.11 Å². The Hall–Kier alpha value is -2.85. The highest BCUT2D eigenvalue weighted by Gasteiger charge is 2.13. The average molecular weight is 360 g/mol. The van der Waals surface area contributed by atoms with Crippen molar-refractivity contribution >= 4 is 27.2 Å². The van der Waals surface area contributed by atoms with Crippen LogP contribution in [0.5, 0.6) is 5.75 Å². The fourth-order valence-corrected chi connectivity index (χ4v) is 4.39. The number of aromatic hydroxyl groups is 1. The van der Waals surface area contributed by atoms with Crippen LogP contribution in [0.3, 0.4) is 0 Å². The summed E-state index contributed by atoms with van der Waals surface area (Å²) in [5.41, 5.74) is 4.20. The molecule has 2 N–H and O–H groups in total. The predicted octanol–water partition coefficient (Wildman–Crippen LogP) is 6.08. The van der Waals surface area contributed by atoms with Gasteiger partial charge in [-0.2, -0.15) is 0 Å². The Bertz CT molecular complexity index is 1080. The zero-order valence-corrected chi connectivity index (χ0v) is 15.6. The van der Waals surface area contributed by atoms with E-state index in [1.807, 2.05) is 12.1 Å². The first-order valence-electron chi connectivity index (χ1n) is 8.69. The first-order chi connectivity index (χ1) is 12.7. The number of pyridine rings is 1. The van der Waals surface area contributed by atoms with E-state index in [-0.39, 0.29) is 5.75 Å². The van der Waals surface area contributed by atoms with E-state index in [2.05, 4.69) is 55.6 Å². The van der Waals surface area contributed by atoms with Gasteiger partial charge in [0.1, 0.15) is 11.6 Å². The molecule has 0 fully saturated rings. The number of anilines is 1. The largest absolute Gasteiger partial charge is 0.508 e. The fraction of sp³-hybridized carbons (Fsp3) is 0.136. The molecule has 0 aliphatic heterocycles. The number of thiophene rings is 1. The third-order valence-electron chi connectivity index (χ3n) is 4.43. The van der Waals surface area contributed by atoms with E-state index in [4.69, 9.17) is 4.98 Å². The first kappa shape index (κ1) is 16.6. The van der Waals surface area contributed by atoms with Gasteiger partial charge >= 0.3 is 0 Å². The summed E-state index contributed by atoms with van der Waals surface area (Å²) in [6.45, 7) is 5.05. The molecular weight excluding hydrogens is 340 g/mol. The molecule has 0 bridgehead atoms. The monoisotopic (exact) mass is 360 g/mol. The maximum absolute atomic E-state index is 9.83. The number of benzene rings is 2. The van der Waals surface area contributed by atoms with Gasteiger partial charge in [0, 0.05) is 21.7 Å². The molecule has 3 nitrogen and oxygen atoms in total. The number of nitrogens with one attached hydrogen (secondary N) is 1. The lowest BCUT2D eigenvalue weighted by Gasteiger charge is -2.10. The first-order valence-corrected chi connectivity index (χ1v) is 9.51. The topological polar surface area (TPSA) is 45.1 Å². The zero-order chi connectivity index (χ0) is 18.1. The van der Waals surface area contributed by atoms with Crippen LogP contribution in [-0.4, -0.2) is 16.6 Å². The van der Waals surface area contributed by atoms with E-state index in [1.54, 1.807) is 23.5 Å². The van der Waals surface area contributed by atoms with Crippen LogP contribution < -0.4 is 5.32 Å². The number of rotatable bonds is 4. The molecule has 2 aromatic carbocycles. The molecule has 0 spiro atoms. The lowest BCUT2D eigenvalue weighted by Crippen LogP contribution is -2.00. The Morgan fingerprint density at radius 1 is 1.00 bits per heavy atom. The van der Waals surface area contributed by atoms with Gasteiger partial charge in [0.25, 0.3) is 0 Å². The fourth-order valence-electron chi connectivity index (χ4n) is 3.20. The van der Waals surface area contributed by atoms with Crippen LogP contribution in [0.25, 0.3) is 31.8 Å². The number of hydrogen-bond acceptors (Lipinski definition) is 4. The molecule has 0 radical (unpaired) electrons. The van der Waals surface area contributed by atoms with Gasteiger partial charge in [-0.3, -0.25) is 0 Å². The standard InChI is InChI=1S/C22H20N2OS/c1-3-23-21-13-16(12-19(24-21)15-7-6-8-17(25)11-15)22-14(2)18-9-4-5-10-20(18)26-22/h4-13,25H,3H2,1-2H3,(H,23,24). The quantitative estimate of drug-likeness (QED) is 0.464. The molecule has 26 heavy (non-hydrogen) atoms. The van der Waals surface area contributed by atoms with Crippen molar-refractivity contribution in [3.8, 4) is 27.4 Å². The summed E-state index contributed by atoms with van der Waals surface area (Å²) in [6.07, 6.45) is 0. The Labute approximate surface area is 157 Å². The van der Waals surface area contributed by atoms with E-state index in [0.717, 1.165) is 29.2 Å². The van der Waals surface area contributed by atoms with Crippen LogP contribution in [0.4, 0.5) is 5.82 Å². The minimum atomic E-state index is 0.248. The number of phenols is 1. The highest BCUT2D eigenvalue weighted by molar-refractivity contribution is 7.22. The summed E-state index contributed by atoms with van der Waals surface area (Å²) in [7, 11) is 0. The van der Waals surface area contributed by atoms with Crippen molar-refractivity contribution in [3.63, 3.8) is 0 Å². The van der Waals surface area contributed by atoms with Crippen molar-refractivity contribution in [2.24, 2.45) is 0 Å². The molecular formula is C22H20N2OS. The Kier molecular flexibility index (Phi) is 4.35. The van der Waals surface area contributed by atoms with E-state index in [1.165, 1.54) is 20.5 Å². The number of nitrogens with zero attached hydrogens (tertiary/aromatic N) is 1. The lowest BCUT2D eigenvalue weighted by atomic mass is 10.0. The normalized spacial score (nSPS) is 11.0. The predicted molar refractivity (Wildman–Crippen MR) is 111 cm³/mol. The van der Waals surface area contributed by atoms with Crippen LogP contribution in [0.1, 0.15) is 12.5 Å². The number of aromatic nitrogens is 1. The van der Waals surface area contributed by atoms with E-state index >= 15 is 0 Å². The average Bonchev–Trinajstić information content (AvgIpc) is 2.99. The van der Waals surface area contributed by atoms with Gasteiger partial charge in [0.05, 0.1) is 5.69 Å². The van der Waals surface area contributed by atoms with E-state index in [9.17, 15) is 5.11 Å². The summed E-state index contributed by atoms with van der Waals surface area (Å²) in [5, 5.41) is 14.5. The maximum atomic E-state index is 9.83. The van der Waals surface area contributed by atoms with Gasteiger partial charge in [-0.05, 0) is 60.7 Å². The molecule has 0 atom stereocenters. The molecule has 4 rings (SSSR count). The van der Waals surface area contributed by atoms with Gasteiger partial charge in [0.15, 0.2) is 0 Å². The second-order valence-electron chi connectivity index (χ2n) is 6.26. The van der Waals surface area contributed by atoms with Crippen molar-refractivity contribution in [2.75, 3.05) is 11.9 Å². The highest BCUT2D eigenvalue weighted by atomic mass is 32.1. The van der Waals surface area contributed by atoms with Crippen LogP contribution in [-0.2, 0) is 0 Å². The second kappa shape index (κ2) is 6.81. The Balaban J connectivity index is 1.91. The molecule has 2 aromatic heterocycles. The third kappa shape index (κ3) is 3.04. The summed E-state index contributed by atoms with van der Waals surface area (Å²) in [6, 6.07) is 20.0. The van der Waals surface area contributed by atoms with Crippen LogP contribution in [0.2, 0.25) is 0 Å². The molecule has 0 unspecified atom stereocenters. The second-order valence-corrected chi connectivity index (χ2v) is 7.31. The highest BCUT2D eigenvalue weighted by Crippen LogP contribution is 2.39. The molecule has 0 saturated heterocycles. The van der Waals surface area contributed by atoms with E-state index in [0.29, 0.717) is 0 Å². The minimum Gasteiger partial charge on any atom is -0.508 e. The molecule has 0 aliphatic carbocycles. The minimum absolute atomic E-state index is 0.248. The molecule has 2 heterocycles. The van der Waals surface area contributed by atoms with Crippen LogP contribution in [0.15, 0.2) is 60.7 Å².